The standard InChI is InChI=1S/C12H15ClO/c1-8(2)10-6-4-5-7-11(10)12(14)9(3)13/h4-9H,1-3H3. The highest BCUT2D eigenvalue weighted by atomic mass is 35.5. The molecule has 1 nitrogen and oxygen atoms in total. The fourth-order valence-electron chi connectivity index (χ4n) is 1.44. The highest BCUT2D eigenvalue weighted by Gasteiger charge is 2.16. The third kappa shape index (κ3) is 2.36. The SMILES string of the molecule is CC(Cl)C(=O)c1ccccc1C(C)C. The van der Waals surface area contributed by atoms with Gasteiger partial charge in [-0.2, -0.15) is 0 Å². The Bertz CT molecular complexity index is 329. The zero-order valence-corrected chi connectivity index (χ0v) is 9.51. The van der Waals surface area contributed by atoms with Crippen molar-refractivity contribution in [3.63, 3.8) is 0 Å². The first kappa shape index (κ1) is 11.3. The molecule has 1 unspecified atom stereocenters. The Morgan fingerprint density at radius 1 is 1.21 bits per heavy atom. The van der Waals surface area contributed by atoms with Crippen LogP contribution in [0.2, 0.25) is 0 Å². The van der Waals surface area contributed by atoms with Gasteiger partial charge in [-0.3, -0.25) is 4.79 Å². The van der Waals surface area contributed by atoms with Crippen molar-refractivity contribution in [3.8, 4) is 0 Å². The van der Waals surface area contributed by atoms with Crippen LogP contribution in [0.15, 0.2) is 24.3 Å². The summed E-state index contributed by atoms with van der Waals surface area (Å²) in [4.78, 5) is 11.7. The van der Waals surface area contributed by atoms with E-state index in [-0.39, 0.29) is 5.78 Å². The van der Waals surface area contributed by atoms with Crippen LogP contribution in [0.25, 0.3) is 0 Å². The van der Waals surface area contributed by atoms with E-state index in [2.05, 4.69) is 13.8 Å². The van der Waals surface area contributed by atoms with E-state index in [4.69, 9.17) is 11.6 Å². The number of alkyl halides is 1. The van der Waals surface area contributed by atoms with Crippen LogP contribution in [0.1, 0.15) is 42.6 Å². The number of hydrogen-bond donors (Lipinski definition) is 0. The molecule has 0 spiro atoms. The summed E-state index contributed by atoms with van der Waals surface area (Å²) in [6.07, 6.45) is 0. The van der Waals surface area contributed by atoms with Crippen LogP contribution in [-0.2, 0) is 0 Å². The number of ketones is 1. The summed E-state index contributed by atoms with van der Waals surface area (Å²) >= 11 is 5.79. The number of Topliss-reactive ketones (excluding diaryl/α,β-unsaturated/α-hetero) is 1. The second-order valence-electron chi connectivity index (χ2n) is 3.72. The summed E-state index contributed by atoms with van der Waals surface area (Å²) in [5.74, 6) is 0.363. The molecule has 76 valence electrons. The molecule has 2 heteroatoms. The predicted octanol–water partition coefficient (Wildman–Crippen LogP) is 3.62. The molecule has 0 fully saturated rings. The Kier molecular flexibility index (Phi) is 3.70. The number of benzene rings is 1. The highest BCUT2D eigenvalue weighted by molar-refractivity contribution is 6.33. The molecule has 0 aliphatic heterocycles. The van der Waals surface area contributed by atoms with E-state index in [1.807, 2.05) is 24.3 Å². The second-order valence-corrected chi connectivity index (χ2v) is 4.38. The van der Waals surface area contributed by atoms with Gasteiger partial charge in [-0.1, -0.05) is 38.1 Å². The van der Waals surface area contributed by atoms with Crippen LogP contribution in [-0.4, -0.2) is 11.2 Å². The maximum absolute atomic E-state index is 11.7. The van der Waals surface area contributed by atoms with Gasteiger partial charge in [0.1, 0.15) is 0 Å². The monoisotopic (exact) mass is 210 g/mol. The van der Waals surface area contributed by atoms with Crippen molar-refractivity contribution >= 4 is 17.4 Å². The fraction of sp³-hybridized carbons (Fsp3) is 0.417. The molecular formula is C12H15ClO. The zero-order chi connectivity index (χ0) is 10.7. The van der Waals surface area contributed by atoms with Crippen LogP contribution in [0.3, 0.4) is 0 Å². The molecule has 0 aliphatic carbocycles. The third-order valence-electron chi connectivity index (χ3n) is 2.21. The number of carbonyl (C=O) groups is 1. The number of rotatable bonds is 3. The Labute approximate surface area is 90.1 Å². The van der Waals surface area contributed by atoms with Crippen LogP contribution < -0.4 is 0 Å². The van der Waals surface area contributed by atoms with Gasteiger partial charge >= 0.3 is 0 Å². The average molecular weight is 211 g/mol. The van der Waals surface area contributed by atoms with E-state index in [0.29, 0.717) is 5.92 Å². The Morgan fingerprint density at radius 3 is 2.29 bits per heavy atom. The van der Waals surface area contributed by atoms with Gasteiger partial charge < -0.3 is 0 Å². The fourth-order valence-corrected chi connectivity index (χ4v) is 1.56. The van der Waals surface area contributed by atoms with Crippen molar-refractivity contribution in [1.29, 1.82) is 0 Å². The molecule has 1 atom stereocenters. The molecule has 1 aromatic rings. The van der Waals surface area contributed by atoms with Crippen molar-refractivity contribution in [2.24, 2.45) is 0 Å². The first-order valence-electron chi connectivity index (χ1n) is 4.81. The van der Waals surface area contributed by atoms with Crippen LogP contribution in [0.5, 0.6) is 0 Å². The van der Waals surface area contributed by atoms with E-state index >= 15 is 0 Å². The van der Waals surface area contributed by atoms with Gasteiger partial charge in [0, 0.05) is 5.56 Å². The molecule has 0 bridgehead atoms. The van der Waals surface area contributed by atoms with Gasteiger partial charge in [-0.25, -0.2) is 0 Å². The van der Waals surface area contributed by atoms with Gasteiger partial charge in [0.25, 0.3) is 0 Å². The summed E-state index contributed by atoms with van der Waals surface area (Å²) in [5, 5.41) is -0.449. The van der Waals surface area contributed by atoms with E-state index < -0.39 is 5.38 Å². The summed E-state index contributed by atoms with van der Waals surface area (Å²) in [7, 11) is 0. The number of hydrogen-bond acceptors (Lipinski definition) is 1. The van der Waals surface area contributed by atoms with Crippen molar-refractivity contribution in [3.05, 3.63) is 35.4 Å². The molecule has 0 aromatic heterocycles. The number of carbonyl (C=O) groups excluding carboxylic acids is 1. The molecule has 1 rings (SSSR count). The second kappa shape index (κ2) is 4.61. The molecule has 0 saturated carbocycles. The minimum absolute atomic E-state index is 0.0102. The zero-order valence-electron chi connectivity index (χ0n) is 8.75. The molecule has 0 heterocycles. The topological polar surface area (TPSA) is 17.1 Å². The van der Waals surface area contributed by atoms with Crippen LogP contribution in [0.4, 0.5) is 0 Å². The Hall–Kier alpha value is -0.820. The van der Waals surface area contributed by atoms with Crippen molar-refractivity contribution in [2.75, 3.05) is 0 Å². The lowest BCUT2D eigenvalue weighted by Gasteiger charge is -2.12. The molecule has 1 aromatic carbocycles. The van der Waals surface area contributed by atoms with Gasteiger partial charge in [-0.05, 0) is 18.4 Å². The molecule has 0 amide bonds. The smallest absolute Gasteiger partial charge is 0.180 e. The summed E-state index contributed by atoms with van der Waals surface area (Å²) in [5.41, 5.74) is 1.83. The lowest BCUT2D eigenvalue weighted by atomic mass is 9.94. The number of halogens is 1. The molecule has 0 saturated heterocycles. The lowest BCUT2D eigenvalue weighted by molar-refractivity contribution is 0.0990. The van der Waals surface area contributed by atoms with Crippen molar-refractivity contribution in [2.45, 2.75) is 32.1 Å². The normalized spacial score (nSPS) is 12.9. The quantitative estimate of drug-likeness (QED) is 0.550. The van der Waals surface area contributed by atoms with E-state index in [1.54, 1.807) is 6.92 Å². The minimum atomic E-state index is -0.449. The van der Waals surface area contributed by atoms with Gasteiger partial charge in [0.15, 0.2) is 5.78 Å². The first-order chi connectivity index (χ1) is 6.54. The van der Waals surface area contributed by atoms with Gasteiger partial charge in [-0.15, -0.1) is 11.6 Å². The average Bonchev–Trinajstić information content (AvgIpc) is 2.16. The van der Waals surface area contributed by atoms with Crippen LogP contribution in [0, 0.1) is 0 Å². The maximum atomic E-state index is 11.7. The summed E-state index contributed by atoms with van der Waals surface area (Å²) < 4.78 is 0. The van der Waals surface area contributed by atoms with E-state index in [1.165, 1.54) is 0 Å². The molecule has 0 N–H and O–H groups in total. The van der Waals surface area contributed by atoms with E-state index in [0.717, 1.165) is 11.1 Å². The summed E-state index contributed by atoms with van der Waals surface area (Å²) in [6.45, 7) is 5.86. The molecule has 0 radical (unpaired) electrons. The van der Waals surface area contributed by atoms with E-state index in [9.17, 15) is 4.79 Å². The summed E-state index contributed by atoms with van der Waals surface area (Å²) in [6, 6.07) is 7.65. The Balaban J connectivity index is 3.13. The third-order valence-corrected chi connectivity index (χ3v) is 2.41. The first-order valence-corrected chi connectivity index (χ1v) is 5.25. The molecule has 14 heavy (non-hydrogen) atoms. The highest BCUT2D eigenvalue weighted by Crippen LogP contribution is 2.21. The predicted molar refractivity (Wildman–Crippen MR) is 60.2 cm³/mol. The maximum Gasteiger partial charge on any atom is 0.180 e. The van der Waals surface area contributed by atoms with Crippen molar-refractivity contribution in [1.82, 2.24) is 0 Å². The van der Waals surface area contributed by atoms with Crippen molar-refractivity contribution < 1.29 is 4.79 Å². The minimum Gasteiger partial charge on any atom is -0.293 e. The van der Waals surface area contributed by atoms with Crippen LogP contribution >= 0.6 is 11.6 Å². The molecular weight excluding hydrogens is 196 g/mol. The Morgan fingerprint density at radius 2 is 1.79 bits per heavy atom. The largest absolute Gasteiger partial charge is 0.293 e. The van der Waals surface area contributed by atoms with Gasteiger partial charge in [0.05, 0.1) is 5.38 Å². The van der Waals surface area contributed by atoms with Gasteiger partial charge in [0.2, 0.25) is 0 Å². The molecule has 0 aliphatic rings. The lowest BCUT2D eigenvalue weighted by Crippen LogP contribution is -2.13.